The third-order valence-corrected chi connectivity index (χ3v) is 7.54. The fourth-order valence-electron chi connectivity index (χ4n) is 3.58. The Morgan fingerprint density at radius 1 is 1.15 bits per heavy atom. The van der Waals surface area contributed by atoms with Crippen LogP contribution in [0.5, 0.6) is 5.75 Å². The van der Waals surface area contributed by atoms with Crippen LogP contribution in [-0.2, 0) is 26.7 Å². The molecule has 0 spiro atoms. The normalized spacial score (nSPS) is 15.0. The number of carbonyl (C=O) groups excluding carboxylic acids is 3. The topological polar surface area (TPSA) is 144 Å². The summed E-state index contributed by atoms with van der Waals surface area (Å²) < 4.78 is 34.0. The summed E-state index contributed by atoms with van der Waals surface area (Å²) in [7, 11) is 1.05. The Labute approximate surface area is 198 Å². The summed E-state index contributed by atoms with van der Waals surface area (Å²) in [6.07, 6.45) is 2.10. The molecule has 1 fully saturated rings. The Hall–Kier alpha value is -3.38. The third-order valence-electron chi connectivity index (χ3n) is 5.68. The summed E-state index contributed by atoms with van der Waals surface area (Å²) in [4.78, 5) is 37.1. The summed E-state index contributed by atoms with van der Waals surface area (Å²) >= 11 is 0. The van der Waals surface area contributed by atoms with E-state index in [0.717, 1.165) is 0 Å². The number of carbonyl (C=O) groups is 3. The first-order valence-corrected chi connectivity index (χ1v) is 12.1. The van der Waals surface area contributed by atoms with Gasteiger partial charge >= 0.3 is 0 Å². The highest BCUT2D eigenvalue weighted by molar-refractivity contribution is 7.89. The maximum absolute atomic E-state index is 12.9. The monoisotopic (exact) mass is 491 g/mol. The van der Waals surface area contributed by atoms with Gasteiger partial charge in [0.1, 0.15) is 16.3 Å². The van der Waals surface area contributed by atoms with Crippen molar-refractivity contribution >= 4 is 33.4 Å². The molecule has 2 aromatic rings. The van der Waals surface area contributed by atoms with Gasteiger partial charge in [-0.15, -0.1) is 0 Å². The van der Waals surface area contributed by atoms with Crippen molar-refractivity contribution in [3.8, 4) is 5.75 Å². The molecule has 1 aliphatic heterocycles. The number of anilines is 1. The zero-order chi connectivity index (χ0) is 25.0. The number of benzene rings is 1. The van der Waals surface area contributed by atoms with Crippen LogP contribution in [0.1, 0.15) is 23.3 Å². The predicted molar refractivity (Wildman–Crippen MR) is 125 cm³/mol. The molecule has 11 nitrogen and oxygen atoms in total. The van der Waals surface area contributed by atoms with Gasteiger partial charge in [0.25, 0.3) is 11.8 Å². The average molecular weight is 492 g/mol. The van der Waals surface area contributed by atoms with Crippen LogP contribution < -0.4 is 15.8 Å². The second-order valence-corrected chi connectivity index (χ2v) is 10.2. The van der Waals surface area contributed by atoms with Crippen LogP contribution in [0.25, 0.3) is 0 Å². The van der Waals surface area contributed by atoms with Gasteiger partial charge in [0.2, 0.25) is 15.9 Å². The lowest BCUT2D eigenvalue weighted by molar-refractivity contribution is -0.130. The fourth-order valence-corrected chi connectivity index (χ4v) is 5.12. The van der Waals surface area contributed by atoms with E-state index in [0.29, 0.717) is 24.3 Å². The Balaban J connectivity index is 1.54. The minimum Gasteiger partial charge on any atom is -0.484 e. The number of rotatable bonds is 8. The number of ether oxygens (including phenoxy) is 1. The second-order valence-electron chi connectivity index (χ2n) is 8.31. The SMILES string of the molecule is CN(C)C(=O)COc1ccc(NC(=O)C2CCN(S(=O)(=O)c3cc(C(N)=O)n(C)c3)CC2)cc1. The molecule has 0 unspecified atom stereocenters. The van der Waals surface area contributed by atoms with Crippen molar-refractivity contribution in [3.05, 3.63) is 42.2 Å². The molecule has 1 aliphatic rings. The summed E-state index contributed by atoms with van der Waals surface area (Å²) in [5.74, 6) is -0.888. The predicted octanol–water partition coefficient (Wildman–Crippen LogP) is 0.630. The Bertz CT molecular complexity index is 1160. The first-order chi connectivity index (χ1) is 16.0. The molecule has 0 aliphatic carbocycles. The van der Waals surface area contributed by atoms with Gasteiger partial charge in [-0.25, -0.2) is 8.42 Å². The number of aromatic nitrogens is 1. The van der Waals surface area contributed by atoms with Gasteiger partial charge in [0, 0.05) is 52.0 Å². The van der Waals surface area contributed by atoms with Crippen molar-refractivity contribution in [2.45, 2.75) is 17.7 Å². The molecule has 3 rings (SSSR count). The average Bonchev–Trinajstić information content (AvgIpc) is 3.21. The van der Waals surface area contributed by atoms with Gasteiger partial charge in [-0.05, 0) is 43.2 Å². The number of sulfonamides is 1. The van der Waals surface area contributed by atoms with Crippen LogP contribution in [0.3, 0.4) is 0 Å². The van der Waals surface area contributed by atoms with E-state index in [9.17, 15) is 22.8 Å². The molecule has 1 aromatic heterocycles. The molecule has 184 valence electrons. The van der Waals surface area contributed by atoms with Crippen molar-refractivity contribution in [2.75, 3.05) is 39.1 Å². The lowest BCUT2D eigenvalue weighted by Crippen LogP contribution is -2.41. The molecule has 0 saturated carbocycles. The summed E-state index contributed by atoms with van der Waals surface area (Å²) in [6, 6.07) is 7.94. The van der Waals surface area contributed by atoms with Gasteiger partial charge < -0.3 is 25.3 Å². The van der Waals surface area contributed by atoms with Crippen LogP contribution in [0, 0.1) is 5.92 Å². The maximum atomic E-state index is 12.9. The highest BCUT2D eigenvalue weighted by Crippen LogP contribution is 2.26. The second kappa shape index (κ2) is 10.3. The van der Waals surface area contributed by atoms with E-state index < -0.39 is 15.9 Å². The van der Waals surface area contributed by atoms with Crippen LogP contribution in [0.2, 0.25) is 0 Å². The van der Waals surface area contributed by atoms with Crippen LogP contribution in [0.4, 0.5) is 5.69 Å². The van der Waals surface area contributed by atoms with Crippen molar-refractivity contribution in [2.24, 2.45) is 18.7 Å². The molecule has 0 bridgehead atoms. The zero-order valence-corrected chi connectivity index (χ0v) is 20.2. The van der Waals surface area contributed by atoms with E-state index in [1.807, 2.05) is 0 Å². The number of aryl methyl sites for hydroxylation is 1. The lowest BCUT2D eigenvalue weighted by Gasteiger charge is -2.30. The van der Waals surface area contributed by atoms with Crippen molar-refractivity contribution in [3.63, 3.8) is 0 Å². The molecule has 1 aromatic carbocycles. The number of amides is 3. The standard InChI is InChI=1S/C22H29N5O6S/c1-25(2)20(28)14-33-17-6-4-16(5-7-17)24-22(30)15-8-10-27(11-9-15)34(31,32)18-12-19(21(23)29)26(3)13-18/h4-7,12-13,15H,8-11,14H2,1-3H3,(H2,23,29)(H,24,30). The minimum absolute atomic E-state index is 0.00120. The Morgan fingerprint density at radius 2 is 1.76 bits per heavy atom. The van der Waals surface area contributed by atoms with Crippen molar-refractivity contribution < 1.29 is 27.5 Å². The van der Waals surface area contributed by atoms with Gasteiger partial charge in [-0.1, -0.05) is 0 Å². The molecule has 12 heteroatoms. The zero-order valence-electron chi connectivity index (χ0n) is 19.4. The number of hydrogen-bond donors (Lipinski definition) is 2. The van der Waals surface area contributed by atoms with Crippen LogP contribution >= 0.6 is 0 Å². The van der Waals surface area contributed by atoms with E-state index >= 15 is 0 Å². The number of likely N-dealkylation sites (N-methyl/N-ethyl adjacent to an activating group) is 1. The Morgan fingerprint density at radius 3 is 2.29 bits per heavy atom. The van der Waals surface area contributed by atoms with Crippen LogP contribution in [0.15, 0.2) is 41.4 Å². The van der Waals surface area contributed by atoms with Crippen molar-refractivity contribution in [1.29, 1.82) is 0 Å². The molecular weight excluding hydrogens is 462 g/mol. The van der Waals surface area contributed by atoms with E-state index in [1.165, 1.54) is 26.0 Å². The maximum Gasteiger partial charge on any atom is 0.265 e. The number of primary amides is 1. The first-order valence-electron chi connectivity index (χ1n) is 10.7. The molecule has 3 N–H and O–H groups in total. The Kier molecular flexibility index (Phi) is 7.62. The number of nitrogens with one attached hydrogen (secondary N) is 1. The summed E-state index contributed by atoms with van der Waals surface area (Å²) in [6.45, 7) is 0.300. The number of piperidine rings is 1. The molecular formula is C22H29N5O6S. The minimum atomic E-state index is -3.79. The van der Waals surface area contributed by atoms with Gasteiger partial charge in [-0.2, -0.15) is 4.31 Å². The van der Waals surface area contributed by atoms with Gasteiger partial charge in [-0.3, -0.25) is 14.4 Å². The lowest BCUT2D eigenvalue weighted by atomic mass is 9.97. The quantitative estimate of drug-likeness (QED) is 0.554. The highest BCUT2D eigenvalue weighted by atomic mass is 32.2. The molecule has 34 heavy (non-hydrogen) atoms. The molecule has 0 atom stereocenters. The first kappa shape index (κ1) is 25.2. The van der Waals surface area contributed by atoms with Gasteiger partial charge in [0.05, 0.1) is 0 Å². The largest absolute Gasteiger partial charge is 0.484 e. The van der Waals surface area contributed by atoms with E-state index in [4.69, 9.17) is 10.5 Å². The van der Waals surface area contributed by atoms with E-state index in [1.54, 1.807) is 45.4 Å². The summed E-state index contributed by atoms with van der Waals surface area (Å²) in [5.41, 5.74) is 5.96. The fraction of sp³-hybridized carbons (Fsp3) is 0.409. The van der Waals surface area contributed by atoms with Crippen molar-refractivity contribution in [1.82, 2.24) is 13.8 Å². The summed E-state index contributed by atoms with van der Waals surface area (Å²) in [5, 5.41) is 2.84. The van der Waals surface area contributed by atoms with Crippen LogP contribution in [-0.4, -0.2) is 73.7 Å². The highest BCUT2D eigenvalue weighted by Gasteiger charge is 2.33. The molecule has 0 radical (unpaired) electrons. The number of nitrogens with two attached hydrogens (primary N) is 1. The number of nitrogens with zero attached hydrogens (tertiary/aromatic N) is 3. The molecule has 3 amide bonds. The number of hydrogen-bond acceptors (Lipinski definition) is 6. The van der Waals surface area contributed by atoms with Gasteiger partial charge in [0.15, 0.2) is 6.61 Å². The molecule has 2 heterocycles. The third kappa shape index (κ3) is 5.75. The molecule has 1 saturated heterocycles. The van der Waals surface area contributed by atoms with E-state index in [-0.39, 0.29) is 48.0 Å². The smallest absolute Gasteiger partial charge is 0.265 e. The van der Waals surface area contributed by atoms with E-state index in [2.05, 4.69) is 5.32 Å².